The molecular weight excluding hydrogens is 302 g/mol. The Balaban J connectivity index is 1.92. The van der Waals surface area contributed by atoms with Gasteiger partial charge in [-0.15, -0.1) is 0 Å². The van der Waals surface area contributed by atoms with Gasteiger partial charge in [-0.3, -0.25) is 4.79 Å². The Morgan fingerprint density at radius 1 is 1.00 bits per heavy atom. The third-order valence-electron chi connectivity index (χ3n) is 3.41. The van der Waals surface area contributed by atoms with Gasteiger partial charge in [-0.1, -0.05) is 58.4 Å². The Morgan fingerprint density at radius 3 is 2.58 bits per heavy atom. The molecular formula is C16H14BrNO. The van der Waals surface area contributed by atoms with Crippen LogP contribution in [0, 0.1) is 0 Å². The summed E-state index contributed by atoms with van der Waals surface area (Å²) in [7, 11) is 0. The van der Waals surface area contributed by atoms with Crippen LogP contribution in [-0.4, -0.2) is 5.91 Å². The molecule has 1 aliphatic rings. The van der Waals surface area contributed by atoms with E-state index in [1.165, 1.54) is 16.7 Å². The second kappa shape index (κ2) is 5.17. The number of anilines is 1. The van der Waals surface area contributed by atoms with Gasteiger partial charge in [-0.05, 0) is 29.2 Å². The number of rotatable bonds is 2. The van der Waals surface area contributed by atoms with Crippen molar-refractivity contribution in [2.45, 2.75) is 17.7 Å². The molecule has 0 fully saturated rings. The first-order chi connectivity index (χ1) is 9.24. The van der Waals surface area contributed by atoms with Crippen molar-refractivity contribution in [2.75, 3.05) is 5.32 Å². The van der Waals surface area contributed by atoms with E-state index in [-0.39, 0.29) is 10.7 Å². The van der Waals surface area contributed by atoms with Crippen molar-refractivity contribution in [3.05, 3.63) is 65.2 Å². The number of amides is 1. The molecule has 1 amide bonds. The average Bonchev–Trinajstić information content (AvgIpc) is 2.47. The second-order valence-corrected chi connectivity index (χ2v) is 5.65. The smallest absolute Gasteiger partial charge is 0.224 e. The van der Waals surface area contributed by atoms with Gasteiger partial charge in [-0.2, -0.15) is 0 Å². The van der Waals surface area contributed by atoms with Crippen molar-refractivity contribution in [1.29, 1.82) is 0 Å². The molecule has 1 unspecified atom stereocenters. The van der Waals surface area contributed by atoms with Gasteiger partial charge in [0, 0.05) is 12.1 Å². The molecule has 0 aliphatic carbocycles. The van der Waals surface area contributed by atoms with Gasteiger partial charge in [-0.25, -0.2) is 0 Å². The minimum atomic E-state index is 0.110. The van der Waals surface area contributed by atoms with E-state index in [1.54, 1.807) is 0 Å². The lowest BCUT2D eigenvalue weighted by molar-refractivity contribution is -0.116. The first-order valence-corrected chi connectivity index (χ1v) is 7.27. The molecule has 3 heteroatoms. The number of aryl methyl sites for hydroxylation is 1. The van der Waals surface area contributed by atoms with Gasteiger partial charge in [0.05, 0.1) is 4.83 Å². The minimum absolute atomic E-state index is 0.110. The van der Waals surface area contributed by atoms with Gasteiger partial charge in [0.25, 0.3) is 0 Å². The summed E-state index contributed by atoms with van der Waals surface area (Å²) in [4.78, 5) is 11.5. The number of fused-ring (bicyclic) bond motifs is 1. The van der Waals surface area contributed by atoms with E-state index in [9.17, 15) is 4.79 Å². The quantitative estimate of drug-likeness (QED) is 0.832. The molecule has 2 aromatic rings. The number of hydrogen-bond acceptors (Lipinski definition) is 1. The molecule has 0 bridgehead atoms. The van der Waals surface area contributed by atoms with Crippen molar-refractivity contribution >= 4 is 27.5 Å². The zero-order valence-corrected chi connectivity index (χ0v) is 12.0. The maximum atomic E-state index is 11.3. The van der Waals surface area contributed by atoms with Crippen molar-refractivity contribution in [2.24, 2.45) is 0 Å². The molecule has 2 aromatic carbocycles. The molecule has 1 atom stereocenters. The van der Waals surface area contributed by atoms with Crippen LogP contribution in [0.3, 0.4) is 0 Å². The summed E-state index contributed by atoms with van der Waals surface area (Å²) in [6.45, 7) is 0. The molecule has 0 saturated carbocycles. The second-order valence-electron chi connectivity index (χ2n) is 4.74. The van der Waals surface area contributed by atoms with Crippen LogP contribution in [0.1, 0.15) is 27.9 Å². The number of nitrogens with one attached hydrogen (secondary N) is 1. The summed E-state index contributed by atoms with van der Waals surface area (Å²) in [5, 5.41) is 2.91. The predicted molar refractivity (Wildman–Crippen MR) is 80.6 cm³/mol. The summed E-state index contributed by atoms with van der Waals surface area (Å²) in [5.74, 6) is 0.110. The summed E-state index contributed by atoms with van der Waals surface area (Å²) in [6.07, 6.45) is 1.40. The fourth-order valence-corrected chi connectivity index (χ4v) is 2.97. The molecule has 0 radical (unpaired) electrons. The molecule has 3 rings (SSSR count). The van der Waals surface area contributed by atoms with Gasteiger partial charge < -0.3 is 5.32 Å². The van der Waals surface area contributed by atoms with Crippen LogP contribution < -0.4 is 5.32 Å². The van der Waals surface area contributed by atoms with E-state index in [4.69, 9.17) is 0 Å². The van der Waals surface area contributed by atoms with E-state index in [0.717, 1.165) is 12.1 Å². The number of alkyl halides is 1. The molecule has 0 saturated heterocycles. The highest BCUT2D eigenvalue weighted by atomic mass is 79.9. The third-order valence-corrected chi connectivity index (χ3v) is 4.47. The van der Waals surface area contributed by atoms with Crippen LogP contribution in [0.25, 0.3) is 0 Å². The van der Waals surface area contributed by atoms with Gasteiger partial charge >= 0.3 is 0 Å². The van der Waals surface area contributed by atoms with Crippen molar-refractivity contribution in [3.63, 3.8) is 0 Å². The standard InChI is InChI=1S/C16H14BrNO/c17-16(11-4-2-1-3-5-11)13-6-8-14-12(10-13)7-9-15(19)18-14/h1-6,8,10,16H,7,9H2,(H,18,19). The average molecular weight is 316 g/mol. The molecule has 1 aliphatic heterocycles. The summed E-state index contributed by atoms with van der Waals surface area (Å²) in [6, 6.07) is 16.6. The zero-order valence-electron chi connectivity index (χ0n) is 10.4. The van der Waals surface area contributed by atoms with Crippen molar-refractivity contribution in [3.8, 4) is 0 Å². The Kier molecular flexibility index (Phi) is 3.38. The zero-order chi connectivity index (χ0) is 13.2. The van der Waals surface area contributed by atoms with E-state index in [2.05, 4.69) is 45.5 Å². The first kappa shape index (κ1) is 12.4. The summed E-state index contributed by atoms with van der Waals surface area (Å²) >= 11 is 3.75. The highest BCUT2D eigenvalue weighted by Gasteiger charge is 2.17. The third kappa shape index (κ3) is 2.56. The SMILES string of the molecule is O=C1CCc2cc(C(Br)c3ccccc3)ccc2N1. The van der Waals surface area contributed by atoms with Gasteiger partial charge in [0.15, 0.2) is 0 Å². The highest BCUT2D eigenvalue weighted by Crippen LogP contribution is 2.33. The Hall–Kier alpha value is -1.61. The highest BCUT2D eigenvalue weighted by molar-refractivity contribution is 9.09. The monoisotopic (exact) mass is 315 g/mol. The maximum absolute atomic E-state index is 11.3. The Bertz CT molecular complexity index is 609. The normalized spacial score (nSPS) is 15.5. The Labute approximate surface area is 121 Å². The number of benzene rings is 2. The largest absolute Gasteiger partial charge is 0.326 e. The lowest BCUT2D eigenvalue weighted by Crippen LogP contribution is -2.19. The van der Waals surface area contributed by atoms with Crippen LogP contribution in [0.15, 0.2) is 48.5 Å². The topological polar surface area (TPSA) is 29.1 Å². The number of carbonyl (C=O) groups is 1. The molecule has 0 spiro atoms. The van der Waals surface area contributed by atoms with E-state index >= 15 is 0 Å². The fourth-order valence-electron chi connectivity index (χ4n) is 2.38. The molecule has 0 aromatic heterocycles. The lowest BCUT2D eigenvalue weighted by atomic mass is 9.97. The van der Waals surface area contributed by atoms with Crippen molar-refractivity contribution in [1.82, 2.24) is 0 Å². The predicted octanol–water partition coefficient (Wildman–Crippen LogP) is 4.06. The minimum Gasteiger partial charge on any atom is -0.326 e. The molecule has 1 N–H and O–H groups in total. The van der Waals surface area contributed by atoms with E-state index in [0.29, 0.717) is 6.42 Å². The molecule has 2 nitrogen and oxygen atoms in total. The van der Waals surface area contributed by atoms with E-state index < -0.39 is 0 Å². The number of halogens is 1. The number of carbonyl (C=O) groups excluding carboxylic acids is 1. The molecule has 1 heterocycles. The molecule has 96 valence electrons. The van der Waals surface area contributed by atoms with Crippen LogP contribution in [-0.2, 0) is 11.2 Å². The van der Waals surface area contributed by atoms with Crippen LogP contribution in [0.4, 0.5) is 5.69 Å². The molecule has 19 heavy (non-hydrogen) atoms. The summed E-state index contributed by atoms with van der Waals surface area (Å²) in [5.41, 5.74) is 4.63. The maximum Gasteiger partial charge on any atom is 0.224 e. The lowest BCUT2D eigenvalue weighted by Gasteiger charge is -2.19. The van der Waals surface area contributed by atoms with Crippen LogP contribution >= 0.6 is 15.9 Å². The van der Waals surface area contributed by atoms with Crippen LogP contribution in [0.2, 0.25) is 0 Å². The van der Waals surface area contributed by atoms with Gasteiger partial charge in [0.2, 0.25) is 5.91 Å². The van der Waals surface area contributed by atoms with Gasteiger partial charge in [0.1, 0.15) is 0 Å². The summed E-state index contributed by atoms with van der Waals surface area (Å²) < 4.78 is 0. The Morgan fingerprint density at radius 2 is 1.79 bits per heavy atom. The van der Waals surface area contributed by atoms with Crippen molar-refractivity contribution < 1.29 is 4.79 Å². The fraction of sp³-hybridized carbons (Fsp3) is 0.188. The number of hydrogen-bond donors (Lipinski definition) is 1. The van der Waals surface area contributed by atoms with E-state index in [1.807, 2.05) is 24.3 Å². The van der Waals surface area contributed by atoms with Crippen LogP contribution in [0.5, 0.6) is 0 Å². The first-order valence-electron chi connectivity index (χ1n) is 6.36.